The molecule has 3 aromatic carbocycles. The van der Waals surface area contributed by atoms with Gasteiger partial charge in [0, 0.05) is 37.3 Å². The number of ether oxygens (including phenoxy) is 5. The molecular formula is C45H54N8O9. The fourth-order valence-electron chi connectivity index (χ4n) is 9.26. The average Bonchev–Trinajstić information content (AvgIpc) is 4.11. The van der Waals surface area contributed by atoms with Crippen LogP contribution in [0.15, 0.2) is 48.7 Å². The number of rotatable bonds is 11. The number of nitrogens with zero attached hydrogens (tertiary/aromatic N) is 4. The van der Waals surface area contributed by atoms with Gasteiger partial charge in [0.1, 0.15) is 36.1 Å². The Morgan fingerprint density at radius 3 is 1.97 bits per heavy atom. The number of amides is 4. The van der Waals surface area contributed by atoms with Gasteiger partial charge in [-0.05, 0) is 99.7 Å². The highest BCUT2D eigenvalue weighted by Crippen LogP contribution is 2.44. The molecule has 8 atom stereocenters. The van der Waals surface area contributed by atoms with Crippen molar-refractivity contribution >= 4 is 45.8 Å². The molecule has 0 aliphatic carbocycles. The first-order valence-corrected chi connectivity index (χ1v) is 21.0. The molecule has 17 heteroatoms. The molecule has 2 fully saturated rings. The third-order valence-electron chi connectivity index (χ3n) is 12.9. The van der Waals surface area contributed by atoms with Gasteiger partial charge in [0.05, 0.1) is 61.4 Å². The summed E-state index contributed by atoms with van der Waals surface area (Å²) in [5.74, 6) is 1.57. The normalized spacial score (nSPS) is 21.4. The Bertz CT molecular complexity index is 2520. The van der Waals surface area contributed by atoms with Crippen molar-refractivity contribution in [3.8, 4) is 28.1 Å². The Balaban J connectivity index is 1.04. The number of aromatic nitrogens is 4. The maximum atomic E-state index is 14.0. The van der Waals surface area contributed by atoms with Crippen LogP contribution < -0.4 is 15.4 Å². The molecule has 3 aliphatic heterocycles. The molecule has 5 aromatic rings. The summed E-state index contributed by atoms with van der Waals surface area (Å²) in [5, 5.41) is 7.23. The number of nitrogens with one attached hydrogen (secondary N) is 4. The highest BCUT2D eigenvalue weighted by atomic mass is 16.5. The lowest BCUT2D eigenvalue weighted by molar-refractivity contribution is -0.140. The molecule has 2 aromatic heterocycles. The molecule has 0 spiro atoms. The summed E-state index contributed by atoms with van der Waals surface area (Å²) in [5.41, 5.74) is 6.42. The number of fused-ring (bicyclic) bond motifs is 6. The van der Waals surface area contributed by atoms with Crippen molar-refractivity contribution in [3.63, 3.8) is 0 Å². The zero-order chi connectivity index (χ0) is 44.0. The molecule has 0 bridgehead atoms. The average molecular weight is 851 g/mol. The molecule has 0 saturated carbocycles. The summed E-state index contributed by atoms with van der Waals surface area (Å²) in [6.07, 6.45) is 2.18. The molecule has 2 saturated heterocycles. The van der Waals surface area contributed by atoms with Crippen LogP contribution >= 0.6 is 0 Å². The zero-order valence-corrected chi connectivity index (χ0v) is 36.2. The Morgan fingerprint density at radius 2 is 1.37 bits per heavy atom. The molecule has 328 valence electrons. The van der Waals surface area contributed by atoms with E-state index in [0.29, 0.717) is 31.1 Å². The fraction of sp³-hybridized carbons (Fsp3) is 0.467. The first-order chi connectivity index (χ1) is 29.8. The summed E-state index contributed by atoms with van der Waals surface area (Å²) >= 11 is 0. The number of imidazole rings is 2. The Labute approximate surface area is 359 Å². The van der Waals surface area contributed by atoms with Crippen molar-refractivity contribution in [2.75, 3.05) is 28.4 Å². The Morgan fingerprint density at radius 1 is 0.758 bits per heavy atom. The van der Waals surface area contributed by atoms with Gasteiger partial charge in [0.2, 0.25) is 11.8 Å². The molecule has 8 rings (SSSR count). The van der Waals surface area contributed by atoms with Crippen molar-refractivity contribution in [3.05, 3.63) is 65.9 Å². The molecule has 4 amide bonds. The molecule has 0 radical (unpaired) electrons. The molecule has 62 heavy (non-hydrogen) atoms. The molecular weight excluding hydrogens is 797 g/mol. The van der Waals surface area contributed by atoms with Gasteiger partial charge in [0.15, 0.2) is 0 Å². The number of methoxy groups -OCH3 is 4. The van der Waals surface area contributed by atoms with Gasteiger partial charge in [-0.15, -0.1) is 0 Å². The first kappa shape index (κ1) is 42.5. The lowest BCUT2D eigenvalue weighted by Gasteiger charge is -2.33. The number of carbonyl (C=O) groups is 4. The maximum absolute atomic E-state index is 14.0. The van der Waals surface area contributed by atoms with E-state index in [1.807, 2.05) is 26.0 Å². The van der Waals surface area contributed by atoms with Crippen molar-refractivity contribution in [2.45, 2.75) is 108 Å². The molecule has 4 N–H and O–H groups in total. The number of alkyl carbamates (subject to hydrolysis) is 2. The smallest absolute Gasteiger partial charge is 0.407 e. The number of hydrogen-bond acceptors (Lipinski definition) is 11. The number of H-pyrrole nitrogens is 2. The second-order valence-electron chi connectivity index (χ2n) is 16.5. The largest absolute Gasteiger partial charge is 0.488 e. The van der Waals surface area contributed by atoms with Crippen LogP contribution in [-0.2, 0) is 35.1 Å². The molecule has 3 aliphatic rings. The SMILES string of the molecule is COC(=O)NC(C(=O)N1C(c2nc3c(ccc4cc5c(cc43)OCc3cc(-c4cnc([C@@H]6CC[C@H](C)N6C(=O)[C@@H](NC(=O)OC)[C@@H](C)OC)[nH]4)ccc3-5)[nH]2)CC[C@@H]1C)[C@@H](C)OC. The van der Waals surface area contributed by atoms with Crippen LogP contribution in [0, 0.1) is 0 Å². The second kappa shape index (κ2) is 17.3. The number of aromatic amines is 2. The summed E-state index contributed by atoms with van der Waals surface area (Å²) in [6, 6.07) is 11.8. The predicted octanol–water partition coefficient (Wildman–Crippen LogP) is 6.29. The zero-order valence-electron chi connectivity index (χ0n) is 36.2. The van der Waals surface area contributed by atoms with Crippen LogP contribution in [0.4, 0.5) is 9.59 Å². The standard InChI is InChI=1S/C45H54N8O9/c1-22-9-15-34(52(22)42(54)37(24(3)58-5)50-44(56)60-7)40-46-20-33(48-40)27-11-13-29-28(17-27)21-62-36-19-30-26(18-31(29)36)12-14-32-39(30)49-41(47-32)35-16-10-23(2)53(35)43(55)38(25(4)59-6)51-45(57)61-8/h11-14,17-20,22-25,34-35,37-38H,9-10,15-16,21H2,1-8H3,(H,46,48)(H,47,49)(H,50,56)(H,51,57)/t22-,23-,24+,25+,34-,35?,37-,38?/m0/s1. The number of hydrogen-bond donors (Lipinski definition) is 4. The van der Waals surface area contributed by atoms with Crippen LogP contribution in [0.1, 0.15) is 82.7 Å². The topological polar surface area (TPSA) is 202 Å². The van der Waals surface area contributed by atoms with Gasteiger partial charge < -0.3 is 54.1 Å². The van der Waals surface area contributed by atoms with Crippen LogP contribution in [0.3, 0.4) is 0 Å². The van der Waals surface area contributed by atoms with E-state index >= 15 is 0 Å². The molecule has 5 heterocycles. The highest BCUT2D eigenvalue weighted by Gasteiger charge is 2.44. The lowest BCUT2D eigenvalue weighted by atomic mass is 9.92. The van der Waals surface area contributed by atoms with E-state index < -0.39 is 36.5 Å². The minimum absolute atomic E-state index is 0.0750. The lowest BCUT2D eigenvalue weighted by Crippen LogP contribution is -2.55. The van der Waals surface area contributed by atoms with Crippen LogP contribution in [-0.4, -0.2) is 119 Å². The summed E-state index contributed by atoms with van der Waals surface area (Å²) < 4.78 is 27.0. The third-order valence-corrected chi connectivity index (χ3v) is 12.9. The van der Waals surface area contributed by atoms with E-state index in [1.54, 1.807) is 29.8 Å². The van der Waals surface area contributed by atoms with Crippen molar-refractivity contribution in [2.24, 2.45) is 0 Å². The van der Waals surface area contributed by atoms with Gasteiger partial charge in [0.25, 0.3) is 0 Å². The van der Waals surface area contributed by atoms with Gasteiger partial charge in [-0.2, -0.15) is 0 Å². The quantitative estimate of drug-likeness (QED) is 0.116. The Kier molecular flexibility index (Phi) is 11.8. The first-order valence-electron chi connectivity index (χ1n) is 21.0. The van der Waals surface area contributed by atoms with Gasteiger partial charge in [-0.3, -0.25) is 9.59 Å². The van der Waals surface area contributed by atoms with E-state index in [0.717, 1.165) is 68.3 Å². The van der Waals surface area contributed by atoms with E-state index in [2.05, 4.69) is 50.9 Å². The van der Waals surface area contributed by atoms with E-state index in [1.165, 1.54) is 28.4 Å². The van der Waals surface area contributed by atoms with Crippen molar-refractivity contribution in [1.29, 1.82) is 0 Å². The van der Waals surface area contributed by atoms with Crippen LogP contribution in [0.2, 0.25) is 0 Å². The number of carbonyl (C=O) groups excluding carboxylic acids is 4. The van der Waals surface area contributed by atoms with Gasteiger partial charge in [-0.25, -0.2) is 19.6 Å². The van der Waals surface area contributed by atoms with E-state index in [-0.39, 0.29) is 36.0 Å². The second-order valence-corrected chi connectivity index (χ2v) is 16.5. The third kappa shape index (κ3) is 7.67. The van der Waals surface area contributed by atoms with Crippen molar-refractivity contribution < 1.29 is 42.9 Å². The maximum Gasteiger partial charge on any atom is 0.407 e. The van der Waals surface area contributed by atoms with Crippen molar-refractivity contribution in [1.82, 2.24) is 40.4 Å². The fourth-order valence-corrected chi connectivity index (χ4v) is 9.26. The van der Waals surface area contributed by atoms with Gasteiger partial charge in [-0.1, -0.05) is 18.2 Å². The number of benzene rings is 3. The van der Waals surface area contributed by atoms with E-state index in [9.17, 15) is 19.2 Å². The minimum atomic E-state index is -0.938. The monoisotopic (exact) mass is 850 g/mol. The predicted molar refractivity (Wildman–Crippen MR) is 229 cm³/mol. The number of likely N-dealkylation sites (tertiary alicyclic amines) is 2. The van der Waals surface area contributed by atoms with Crippen LogP contribution in [0.25, 0.3) is 44.2 Å². The van der Waals surface area contributed by atoms with Crippen LogP contribution in [0.5, 0.6) is 5.75 Å². The Hall–Kier alpha value is -6.20. The summed E-state index contributed by atoms with van der Waals surface area (Å²) in [7, 11) is 5.52. The summed E-state index contributed by atoms with van der Waals surface area (Å²) in [6.45, 7) is 7.83. The minimum Gasteiger partial charge on any atom is -0.488 e. The highest BCUT2D eigenvalue weighted by molar-refractivity contribution is 6.07. The van der Waals surface area contributed by atoms with Gasteiger partial charge >= 0.3 is 12.2 Å². The summed E-state index contributed by atoms with van der Waals surface area (Å²) in [4.78, 5) is 72.8. The van der Waals surface area contributed by atoms with E-state index in [4.69, 9.17) is 33.7 Å². The molecule has 17 nitrogen and oxygen atoms in total. The molecule has 2 unspecified atom stereocenters.